The normalized spacial score (nSPS) is 23.1. The van der Waals surface area contributed by atoms with E-state index < -0.39 is 16.9 Å². The average molecular weight is 358 g/mol. The lowest BCUT2D eigenvalue weighted by molar-refractivity contribution is -0.117. The topological polar surface area (TPSA) is 35.5 Å². The van der Waals surface area contributed by atoms with Crippen molar-refractivity contribution >= 4 is 34.7 Å². The van der Waals surface area contributed by atoms with E-state index in [0.29, 0.717) is 6.42 Å². The molecular formula is C16H23O3PS2. The standard InChI is InChI=1S/C16H23O3PS2/c1-12(17)11-14(13-9-7-6-8-10-13)22-20(21)18-15(2,3)16(4,5)19-20/h6-10,14H,11H2,1-5H3. The van der Waals surface area contributed by atoms with Crippen molar-refractivity contribution in [2.24, 2.45) is 0 Å². The van der Waals surface area contributed by atoms with Gasteiger partial charge in [0, 0.05) is 11.7 Å². The summed E-state index contributed by atoms with van der Waals surface area (Å²) in [4.78, 5) is 11.6. The smallest absolute Gasteiger partial charge is 0.249 e. The van der Waals surface area contributed by atoms with Crippen LogP contribution < -0.4 is 0 Å². The Labute approximate surface area is 142 Å². The van der Waals surface area contributed by atoms with Gasteiger partial charge in [-0.1, -0.05) is 41.7 Å². The van der Waals surface area contributed by atoms with Crippen molar-refractivity contribution < 1.29 is 13.8 Å². The molecule has 6 heteroatoms. The third kappa shape index (κ3) is 4.01. The first kappa shape index (κ1) is 18.2. The third-order valence-electron chi connectivity index (χ3n) is 4.03. The predicted octanol–water partition coefficient (Wildman–Crippen LogP) is 5.27. The molecule has 0 bridgehead atoms. The van der Waals surface area contributed by atoms with Crippen LogP contribution in [0.1, 0.15) is 51.9 Å². The van der Waals surface area contributed by atoms with Crippen LogP contribution in [-0.4, -0.2) is 17.0 Å². The van der Waals surface area contributed by atoms with Gasteiger partial charge in [0.1, 0.15) is 5.78 Å². The highest BCUT2D eigenvalue weighted by atomic mass is 32.9. The molecule has 1 heterocycles. The van der Waals surface area contributed by atoms with E-state index in [4.69, 9.17) is 20.9 Å². The third-order valence-corrected chi connectivity index (χ3v) is 9.55. The zero-order chi connectivity index (χ0) is 16.6. The quantitative estimate of drug-likeness (QED) is 0.670. The van der Waals surface area contributed by atoms with Crippen molar-refractivity contribution in [2.45, 2.75) is 57.5 Å². The van der Waals surface area contributed by atoms with Crippen LogP contribution in [-0.2, 0) is 25.6 Å². The van der Waals surface area contributed by atoms with Crippen LogP contribution in [0.5, 0.6) is 0 Å². The molecule has 1 aromatic carbocycles. The minimum absolute atomic E-state index is 0.0331. The fraction of sp³-hybridized carbons (Fsp3) is 0.562. The summed E-state index contributed by atoms with van der Waals surface area (Å²) in [5.41, 5.74) is -2.28. The highest BCUT2D eigenvalue weighted by Gasteiger charge is 2.53. The maximum Gasteiger partial charge on any atom is 0.249 e. The second-order valence-electron chi connectivity index (χ2n) is 6.56. The van der Waals surface area contributed by atoms with Crippen LogP contribution >= 0.6 is 17.1 Å². The van der Waals surface area contributed by atoms with Gasteiger partial charge < -0.3 is 9.05 Å². The second-order valence-corrected chi connectivity index (χ2v) is 12.8. The van der Waals surface area contributed by atoms with E-state index in [0.717, 1.165) is 5.56 Å². The summed E-state index contributed by atoms with van der Waals surface area (Å²) >= 11 is 7.21. The van der Waals surface area contributed by atoms with Crippen LogP contribution in [0.3, 0.4) is 0 Å². The molecule has 1 saturated heterocycles. The van der Waals surface area contributed by atoms with Crippen LogP contribution in [0.15, 0.2) is 30.3 Å². The average Bonchev–Trinajstić information content (AvgIpc) is 2.52. The summed E-state index contributed by atoms with van der Waals surface area (Å²) in [6.45, 7) is 9.62. The number of carbonyl (C=O) groups is 1. The molecule has 1 aliphatic rings. The molecule has 1 atom stereocenters. The lowest BCUT2D eigenvalue weighted by Gasteiger charge is -2.29. The van der Waals surface area contributed by atoms with Crippen molar-refractivity contribution in [1.82, 2.24) is 0 Å². The molecule has 1 aromatic rings. The molecule has 1 aliphatic heterocycles. The maximum absolute atomic E-state index is 11.6. The molecule has 0 saturated carbocycles. The molecule has 22 heavy (non-hydrogen) atoms. The Bertz CT molecular complexity index is 579. The highest BCUT2D eigenvalue weighted by molar-refractivity contribution is 8.68. The fourth-order valence-corrected chi connectivity index (χ4v) is 9.67. The lowest BCUT2D eigenvalue weighted by Crippen LogP contribution is -2.41. The highest BCUT2D eigenvalue weighted by Crippen LogP contribution is 2.75. The van der Waals surface area contributed by atoms with E-state index in [9.17, 15) is 4.79 Å². The summed E-state index contributed by atoms with van der Waals surface area (Å²) in [5, 5.41) is -0.0331. The van der Waals surface area contributed by atoms with Crippen LogP contribution in [0.25, 0.3) is 0 Å². The molecule has 122 valence electrons. The number of hydrogen-bond donors (Lipinski definition) is 0. The molecule has 0 aliphatic carbocycles. The summed E-state index contributed by atoms with van der Waals surface area (Å²) in [6, 6.07) is 9.96. The molecule has 0 aromatic heterocycles. The molecule has 0 radical (unpaired) electrons. The first-order chi connectivity index (χ1) is 10.0. The first-order valence-electron chi connectivity index (χ1n) is 7.29. The molecule has 0 amide bonds. The van der Waals surface area contributed by atoms with E-state index in [1.165, 1.54) is 11.4 Å². The van der Waals surface area contributed by atoms with Crippen molar-refractivity contribution in [1.29, 1.82) is 0 Å². The molecule has 0 N–H and O–H groups in total. The van der Waals surface area contributed by atoms with Crippen molar-refractivity contribution in [3.8, 4) is 0 Å². The van der Waals surface area contributed by atoms with Gasteiger partial charge in [0.25, 0.3) is 0 Å². The van der Waals surface area contributed by atoms with Gasteiger partial charge in [-0.2, -0.15) is 0 Å². The van der Waals surface area contributed by atoms with E-state index >= 15 is 0 Å². The zero-order valence-corrected chi connectivity index (χ0v) is 16.2. The number of carbonyl (C=O) groups excluding carboxylic acids is 1. The molecule has 3 nitrogen and oxygen atoms in total. The van der Waals surface area contributed by atoms with Crippen LogP contribution in [0.2, 0.25) is 0 Å². The summed E-state index contributed by atoms with van der Waals surface area (Å²) in [5.74, 6) is 0.140. The Hall–Kier alpha value is -0.190. The molecule has 1 fully saturated rings. The number of Topliss-reactive ketones (excluding diaryl/α,β-unsaturated/α-hetero) is 1. The van der Waals surface area contributed by atoms with Gasteiger partial charge in [-0.05, 0) is 52.0 Å². The minimum atomic E-state index is -2.49. The van der Waals surface area contributed by atoms with Gasteiger partial charge in [-0.25, -0.2) is 0 Å². The van der Waals surface area contributed by atoms with Gasteiger partial charge in [-0.15, -0.1) is 0 Å². The van der Waals surface area contributed by atoms with Gasteiger partial charge in [0.15, 0.2) is 0 Å². The molecule has 1 unspecified atom stereocenters. The Balaban J connectivity index is 2.25. The van der Waals surface area contributed by atoms with Gasteiger partial charge in [-0.3, -0.25) is 4.79 Å². The zero-order valence-electron chi connectivity index (χ0n) is 13.7. The van der Waals surface area contributed by atoms with Gasteiger partial charge in [0.2, 0.25) is 5.69 Å². The van der Waals surface area contributed by atoms with Crippen LogP contribution in [0.4, 0.5) is 0 Å². The summed E-state index contributed by atoms with van der Waals surface area (Å²) in [7, 11) is 0. The van der Waals surface area contributed by atoms with E-state index in [1.807, 2.05) is 58.0 Å². The van der Waals surface area contributed by atoms with Crippen LogP contribution in [0, 0.1) is 0 Å². The Morgan fingerprint density at radius 2 is 1.68 bits per heavy atom. The monoisotopic (exact) mass is 358 g/mol. The molecule has 2 rings (SSSR count). The Morgan fingerprint density at radius 3 is 2.14 bits per heavy atom. The summed E-state index contributed by atoms with van der Waals surface area (Å²) < 4.78 is 12.3. The fourth-order valence-electron chi connectivity index (χ4n) is 2.14. The van der Waals surface area contributed by atoms with E-state index in [2.05, 4.69) is 0 Å². The molecular weight excluding hydrogens is 335 g/mol. The number of hydrogen-bond acceptors (Lipinski definition) is 5. The van der Waals surface area contributed by atoms with E-state index in [-0.39, 0.29) is 11.0 Å². The van der Waals surface area contributed by atoms with Crippen molar-refractivity contribution in [2.75, 3.05) is 0 Å². The first-order valence-corrected chi connectivity index (χ1v) is 11.4. The second kappa shape index (κ2) is 6.37. The Morgan fingerprint density at radius 1 is 1.18 bits per heavy atom. The number of rotatable bonds is 5. The van der Waals surface area contributed by atoms with Crippen molar-refractivity contribution in [3.63, 3.8) is 0 Å². The maximum atomic E-state index is 11.6. The SMILES string of the molecule is CC(=O)CC(SP1(=S)OC(C)(C)C(C)(C)O1)c1ccccc1. The number of ketones is 1. The van der Waals surface area contributed by atoms with Gasteiger partial charge >= 0.3 is 0 Å². The Kier molecular flexibility index (Phi) is 5.25. The minimum Gasteiger partial charge on any atom is -0.312 e. The molecule has 0 spiro atoms. The lowest BCUT2D eigenvalue weighted by atomic mass is 9.90. The predicted molar refractivity (Wildman–Crippen MR) is 96.7 cm³/mol. The summed E-state index contributed by atoms with van der Waals surface area (Å²) in [6.07, 6.45) is 0.431. The van der Waals surface area contributed by atoms with Crippen molar-refractivity contribution in [3.05, 3.63) is 35.9 Å². The van der Waals surface area contributed by atoms with E-state index in [1.54, 1.807) is 6.92 Å². The largest absolute Gasteiger partial charge is 0.312 e. The van der Waals surface area contributed by atoms with Gasteiger partial charge in [0.05, 0.1) is 11.2 Å². The number of benzene rings is 1.